The predicted octanol–water partition coefficient (Wildman–Crippen LogP) is 2.92. The van der Waals surface area contributed by atoms with E-state index < -0.39 is 17.2 Å². The van der Waals surface area contributed by atoms with Gasteiger partial charge in [0.05, 0.1) is 12.1 Å². The molecule has 1 aromatic rings. The Labute approximate surface area is 167 Å². The first kappa shape index (κ1) is 21.7. The van der Waals surface area contributed by atoms with Crippen LogP contribution in [0.25, 0.3) is 0 Å². The van der Waals surface area contributed by atoms with Gasteiger partial charge in [-0.25, -0.2) is 4.79 Å². The van der Waals surface area contributed by atoms with Gasteiger partial charge < -0.3 is 19.7 Å². The van der Waals surface area contributed by atoms with E-state index in [-0.39, 0.29) is 12.5 Å². The number of carbonyl (C=O) groups excluding carboxylic acids is 1. The molecule has 2 heterocycles. The Balaban J connectivity index is 2.24. The smallest absolute Gasteiger partial charge is 0.339 e. The molecule has 0 aromatic carbocycles. The van der Waals surface area contributed by atoms with Crippen LogP contribution in [0.5, 0.6) is 5.75 Å². The first-order valence-electron chi connectivity index (χ1n) is 8.94. The van der Waals surface area contributed by atoms with Crippen LogP contribution in [-0.2, 0) is 4.79 Å². The standard InChI is InChI=1S/C19H25N3O5S/c1-5-7-14(15-9-13(26-8-6-2)10-16(23)27-15)20-18(24)19(4)11-28-17(21-19)12(3)22-25/h6,9-10,14,25H,2,5,7-8,11H2,1,3-4H3,(H,20,24)/b22-12+/t14-,19?/m1/s1. The molecule has 1 aromatic heterocycles. The molecule has 1 amide bonds. The predicted molar refractivity (Wildman–Crippen MR) is 110 cm³/mol. The van der Waals surface area contributed by atoms with Gasteiger partial charge >= 0.3 is 5.63 Å². The van der Waals surface area contributed by atoms with Crippen molar-refractivity contribution in [2.45, 2.75) is 45.2 Å². The largest absolute Gasteiger partial charge is 0.489 e. The fraction of sp³-hybridized carbons (Fsp3) is 0.474. The number of amides is 1. The summed E-state index contributed by atoms with van der Waals surface area (Å²) in [5.41, 5.74) is -1.19. The minimum Gasteiger partial charge on any atom is -0.489 e. The molecule has 0 aliphatic carbocycles. The van der Waals surface area contributed by atoms with E-state index in [1.807, 2.05) is 6.92 Å². The Morgan fingerprint density at radius 2 is 2.36 bits per heavy atom. The van der Waals surface area contributed by atoms with Crippen molar-refractivity contribution in [3.63, 3.8) is 0 Å². The Bertz CT molecular complexity index is 848. The molecule has 0 spiro atoms. The highest BCUT2D eigenvalue weighted by atomic mass is 32.2. The summed E-state index contributed by atoms with van der Waals surface area (Å²) in [7, 11) is 0. The van der Waals surface area contributed by atoms with Crippen LogP contribution >= 0.6 is 11.8 Å². The van der Waals surface area contributed by atoms with Crippen molar-refractivity contribution in [1.29, 1.82) is 0 Å². The van der Waals surface area contributed by atoms with Crippen molar-refractivity contribution in [1.82, 2.24) is 5.32 Å². The molecule has 0 saturated heterocycles. The first-order chi connectivity index (χ1) is 13.3. The number of hydrogen-bond donors (Lipinski definition) is 2. The van der Waals surface area contributed by atoms with Gasteiger partial charge in [-0.05, 0) is 20.3 Å². The molecule has 1 unspecified atom stereocenters. The van der Waals surface area contributed by atoms with Gasteiger partial charge in [0, 0.05) is 11.8 Å². The van der Waals surface area contributed by atoms with Crippen LogP contribution in [0.2, 0.25) is 0 Å². The van der Waals surface area contributed by atoms with E-state index in [1.54, 1.807) is 26.0 Å². The molecular weight excluding hydrogens is 382 g/mol. The summed E-state index contributed by atoms with van der Waals surface area (Å²) in [4.78, 5) is 29.2. The lowest BCUT2D eigenvalue weighted by Gasteiger charge is -2.24. The van der Waals surface area contributed by atoms with Gasteiger partial charge in [-0.3, -0.25) is 9.79 Å². The highest BCUT2D eigenvalue weighted by molar-refractivity contribution is 8.16. The molecule has 0 saturated carbocycles. The van der Waals surface area contributed by atoms with Gasteiger partial charge in [0.25, 0.3) is 0 Å². The summed E-state index contributed by atoms with van der Waals surface area (Å²) in [6.45, 7) is 9.15. The molecule has 1 aliphatic heterocycles. The molecular formula is C19H25N3O5S. The third-order valence-electron chi connectivity index (χ3n) is 4.14. The number of nitrogens with one attached hydrogen (secondary N) is 1. The summed E-state index contributed by atoms with van der Waals surface area (Å²) < 4.78 is 10.7. The maximum atomic E-state index is 12.9. The van der Waals surface area contributed by atoms with E-state index in [4.69, 9.17) is 14.4 Å². The van der Waals surface area contributed by atoms with Crippen molar-refractivity contribution >= 4 is 28.4 Å². The van der Waals surface area contributed by atoms with Gasteiger partial charge in [-0.1, -0.05) is 31.2 Å². The lowest BCUT2D eigenvalue weighted by atomic mass is 10.0. The lowest BCUT2D eigenvalue weighted by molar-refractivity contribution is -0.125. The average Bonchev–Trinajstić information content (AvgIpc) is 3.08. The SMILES string of the molecule is C=CCOc1cc([C@@H](CCC)NC(=O)C2(C)CSC(/C(C)=N/O)=N2)oc(=O)c1. The van der Waals surface area contributed by atoms with Gasteiger partial charge in [0.1, 0.15) is 34.4 Å². The summed E-state index contributed by atoms with van der Waals surface area (Å²) in [6, 6.07) is 2.36. The number of hydrogen-bond acceptors (Lipinski definition) is 8. The van der Waals surface area contributed by atoms with Crippen LogP contribution in [0.4, 0.5) is 0 Å². The van der Waals surface area contributed by atoms with Gasteiger partial charge in [0.15, 0.2) is 0 Å². The maximum absolute atomic E-state index is 12.9. The quantitative estimate of drug-likeness (QED) is 0.282. The third kappa shape index (κ3) is 5.25. The Hall–Kier alpha value is -2.55. The van der Waals surface area contributed by atoms with Crippen LogP contribution in [0.1, 0.15) is 45.4 Å². The molecule has 0 fully saturated rings. The van der Waals surface area contributed by atoms with Gasteiger partial charge in [-0.2, -0.15) is 0 Å². The third-order valence-corrected chi connectivity index (χ3v) is 5.51. The molecule has 0 bridgehead atoms. The normalized spacial score (nSPS) is 20.4. The molecule has 152 valence electrons. The second-order valence-corrected chi connectivity index (χ2v) is 7.56. The molecule has 9 heteroatoms. The Morgan fingerprint density at radius 1 is 1.61 bits per heavy atom. The van der Waals surface area contributed by atoms with Crippen molar-refractivity contribution in [3.8, 4) is 5.75 Å². The number of rotatable bonds is 9. The lowest BCUT2D eigenvalue weighted by Crippen LogP contribution is -2.45. The van der Waals surface area contributed by atoms with E-state index >= 15 is 0 Å². The van der Waals surface area contributed by atoms with E-state index in [2.05, 4.69) is 22.0 Å². The summed E-state index contributed by atoms with van der Waals surface area (Å²) in [5.74, 6) is 0.818. The summed E-state index contributed by atoms with van der Waals surface area (Å²) >= 11 is 1.36. The highest BCUT2D eigenvalue weighted by Gasteiger charge is 2.40. The number of oxime groups is 1. The van der Waals surface area contributed by atoms with Crippen LogP contribution in [0.3, 0.4) is 0 Å². The topological polar surface area (TPSA) is 113 Å². The van der Waals surface area contributed by atoms with E-state index in [9.17, 15) is 9.59 Å². The molecule has 2 atom stereocenters. The zero-order valence-electron chi connectivity index (χ0n) is 16.2. The number of thioether (sulfide) groups is 1. The van der Waals surface area contributed by atoms with Gasteiger partial charge in [0.2, 0.25) is 5.91 Å². The van der Waals surface area contributed by atoms with Crippen LogP contribution in [0.15, 0.2) is 44.1 Å². The number of ether oxygens (including phenoxy) is 1. The molecule has 0 radical (unpaired) electrons. The summed E-state index contributed by atoms with van der Waals surface area (Å²) in [6.07, 6.45) is 2.92. The Morgan fingerprint density at radius 3 is 3.00 bits per heavy atom. The first-order valence-corrected chi connectivity index (χ1v) is 9.93. The van der Waals surface area contributed by atoms with Crippen molar-refractivity contribution in [2.75, 3.05) is 12.4 Å². The van der Waals surface area contributed by atoms with Crippen LogP contribution < -0.4 is 15.7 Å². The van der Waals surface area contributed by atoms with E-state index in [0.29, 0.717) is 34.4 Å². The zero-order chi connectivity index (χ0) is 20.7. The van der Waals surface area contributed by atoms with Crippen LogP contribution in [0, 0.1) is 0 Å². The maximum Gasteiger partial charge on any atom is 0.339 e. The minimum atomic E-state index is -1.00. The van der Waals surface area contributed by atoms with Crippen molar-refractivity contribution in [2.24, 2.45) is 10.1 Å². The van der Waals surface area contributed by atoms with Gasteiger partial charge in [-0.15, -0.1) is 11.8 Å². The van der Waals surface area contributed by atoms with Crippen LogP contribution in [-0.4, -0.2) is 39.8 Å². The fourth-order valence-electron chi connectivity index (χ4n) is 2.61. The second-order valence-electron chi connectivity index (χ2n) is 6.59. The van der Waals surface area contributed by atoms with E-state index in [0.717, 1.165) is 6.42 Å². The molecule has 2 rings (SSSR count). The molecule has 8 nitrogen and oxygen atoms in total. The Kier molecular flexibility index (Phi) is 7.45. The second kappa shape index (κ2) is 9.59. The van der Waals surface area contributed by atoms with Crippen molar-refractivity contribution in [3.05, 3.63) is 41.0 Å². The zero-order valence-corrected chi connectivity index (χ0v) is 17.0. The average molecular weight is 407 g/mol. The molecule has 1 aliphatic rings. The highest BCUT2D eigenvalue weighted by Crippen LogP contribution is 2.30. The fourth-order valence-corrected chi connectivity index (χ4v) is 3.74. The number of carbonyl (C=O) groups is 1. The van der Waals surface area contributed by atoms with Crippen molar-refractivity contribution < 1.29 is 19.2 Å². The molecule has 2 N–H and O–H groups in total. The van der Waals surface area contributed by atoms with E-state index in [1.165, 1.54) is 17.8 Å². The molecule has 28 heavy (non-hydrogen) atoms. The number of nitrogens with zero attached hydrogens (tertiary/aromatic N) is 2. The number of aliphatic imine (C=N–C) groups is 1. The minimum absolute atomic E-state index is 0.256. The summed E-state index contributed by atoms with van der Waals surface area (Å²) in [5, 5.41) is 15.5. The monoisotopic (exact) mass is 407 g/mol.